The summed E-state index contributed by atoms with van der Waals surface area (Å²) in [7, 11) is -3.59. The summed E-state index contributed by atoms with van der Waals surface area (Å²) in [6, 6.07) is 8.27. The van der Waals surface area contributed by atoms with Crippen LogP contribution >= 0.6 is 0 Å². The molecule has 2 N–H and O–H groups in total. The molecule has 154 valence electrons. The molecule has 2 aromatic rings. The smallest absolute Gasteiger partial charge is 0.244 e. The van der Waals surface area contributed by atoms with Gasteiger partial charge in [0, 0.05) is 37.8 Å². The van der Waals surface area contributed by atoms with Crippen LogP contribution in [-0.2, 0) is 26.0 Å². The minimum atomic E-state index is -3.59. The summed E-state index contributed by atoms with van der Waals surface area (Å²) in [6.45, 7) is 2.67. The molecule has 29 heavy (non-hydrogen) atoms. The summed E-state index contributed by atoms with van der Waals surface area (Å²) in [5.74, 6) is 0.0697. The molecule has 0 saturated carbocycles. The van der Waals surface area contributed by atoms with Crippen LogP contribution in [0.25, 0.3) is 6.08 Å². The number of furan rings is 1. The Balaban J connectivity index is 1.58. The first kappa shape index (κ1) is 20.8. The fraction of sp³-hybridized carbons (Fsp3) is 0.300. The topological polar surface area (TPSA) is 109 Å². The van der Waals surface area contributed by atoms with Crippen molar-refractivity contribution in [1.29, 1.82) is 0 Å². The number of sulfonamides is 1. The van der Waals surface area contributed by atoms with Gasteiger partial charge in [-0.05, 0) is 42.3 Å². The molecular weight excluding hydrogens is 394 g/mol. The molecule has 1 aliphatic rings. The highest BCUT2D eigenvalue weighted by Crippen LogP contribution is 2.31. The average molecular weight is 417 g/mol. The van der Waals surface area contributed by atoms with Crippen LogP contribution in [0.4, 0.5) is 5.69 Å². The van der Waals surface area contributed by atoms with Crippen LogP contribution in [0.3, 0.4) is 0 Å². The maximum atomic E-state index is 12.6. The Kier molecular flexibility index (Phi) is 6.50. The first-order chi connectivity index (χ1) is 13.9. The van der Waals surface area contributed by atoms with Crippen LogP contribution in [0, 0.1) is 0 Å². The number of hydrogen-bond donors (Lipinski definition) is 2. The van der Waals surface area contributed by atoms with Gasteiger partial charge < -0.3 is 14.6 Å². The molecule has 1 aromatic heterocycles. The van der Waals surface area contributed by atoms with Crippen molar-refractivity contribution in [1.82, 2.24) is 10.0 Å². The van der Waals surface area contributed by atoms with Crippen LogP contribution in [-0.4, -0.2) is 39.9 Å². The largest absolute Gasteiger partial charge is 0.465 e. The summed E-state index contributed by atoms with van der Waals surface area (Å²) in [5, 5.41) is 2.66. The van der Waals surface area contributed by atoms with Crippen LogP contribution in [0.1, 0.15) is 24.7 Å². The zero-order valence-electron chi connectivity index (χ0n) is 16.1. The van der Waals surface area contributed by atoms with Gasteiger partial charge in [0.1, 0.15) is 5.76 Å². The van der Waals surface area contributed by atoms with E-state index in [1.165, 1.54) is 18.4 Å². The molecule has 3 rings (SSSR count). The van der Waals surface area contributed by atoms with E-state index in [2.05, 4.69) is 10.0 Å². The average Bonchev–Trinajstić information content (AvgIpc) is 3.35. The molecule has 0 spiro atoms. The van der Waals surface area contributed by atoms with Crippen molar-refractivity contribution in [2.75, 3.05) is 24.5 Å². The van der Waals surface area contributed by atoms with Crippen molar-refractivity contribution in [2.45, 2.75) is 24.7 Å². The third-order valence-electron chi connectivity index (χ3n) is 4.48. The molecule has 2 amide bonds. The standard InChI is InChI=1S/C20H23N3O5S/c1-2-22-29(26,27)17-7-5-15-10-12-23(18(15)14-17)20(25)9-11-21-19(24)8-6-16-4-3-13-28-16/h3-8,13-14,22H,2,9-12H2,1H3,(H,21,24). The molecule has 0 fully saturated rings. The van der Waals surface area contributed by atoms with Crippen LogP contribution in [0.2, 0.25) is 0 Å². The highest BCUT2D eigenvalue weighted by Gasteiger charge is 2.26. The Labute approximate surface area is 169 Å². The second-order valence-electron chi connectivity index (χ2n) is 6.48. The van der Waals surface area contributed by atoms with E-state index in [9.17, 15) is 18.0 Å². The summed E-state index contributed by atoms with van der Waals surface area (Å²) >= 11 is 0. The van der Waals surface area contributed by atoms with Gasteiger partial charge in [0.25, 0.3) is 0 Å². The van der Waals surface area contributed by atoms with Crippen molar-refractivity contribution in [3.63, 3.8) is 0 Å². The number of rotatable bonds is 8. The van der Waals surface area contributed by atoms with Gasteiger partial charge in [-0.25, -0.2) is 13.1 Å². The van der Waals surface area contributed by atoms with Gasteiger partial charge in [-0.3, -0.25) is 9.59 Å². The summed E-state index contributed by atoms with van der Waals surface area (Å²) in [5.41, 5.74) is 1.54. The summed E-state index contributed by atoms with van der Waals surface area (Å²) in [4.78, 5) is 26.1. The Morgan fingerprint density at radius 1 is 1.28 bits per heavy atom. The predicted molar refractivity (Wildman–Crippen MR) is 109 cm³/mol. The number of fused-ring (bicyclic) bond motifs is 1. The van der Waals surface area contributed by atoms with Crippen LogP contribution < -0.4 is 14.9 Å². The lowest BCUT2D eigenvalue weighted by molar-refractivity contribution is -0.119. The molecule has 0 radical (unpaired) electrons. The number of carbonyl (C=O) groups is 2. The fourth-order valence-electron chi connectivity index (χ4n) is 3.09. The van der Waals surface area contributed by atoms with Crippen molar-refractivity contribution >= 4 is 33.6 Å². The normalized spacial score (nSPS) is 13.6. The summed E-state index contributed by atoms with van der Waals surface area (Å²) in [6.07, 6.45) is 5.18. The monoisotopic (exact) mass is 417 g/mol. The number of nitrogens with one attached hydrogen (secondary N) is 2. The van der Waals surface area contributed by atoms with E-state index in [0.29, 0.717) is 24.4 Å². The lowest BCUT2D eigenvalue weighted by Crippen LogP contribution is -2.33. The molecule has 0 bridgehead atoms. The molecule has 0 unspecified atom stereocenters. The molecular formula is C20H23N3O5S. The maximum absolute atomic E-state index is 12.6. The summed E-state index contributed by atoms with van der Waals surface area (Å²) < 4.78 is 32.0. The number of carbonyl (C=O) groups excluding carboxylic acids is 2. The van der Waals surface area contributed by atoms with E-state index < -0.39 is 10.0 Å². The van der Waals surface area contributed by atoms with Crippen LogP contribution in [0.5, 0.6) is 0 Å². The van der Waals surface area contributed by atoms with E-state index in [0.717, 1.165) is 5.56 Å². The molecule has 1 aromatic carbocycles. The number of amides is 2. The minimum Gasteiger partial charge on any atom is -0.465 e. The SMILES string of the molecule is CCNS(=O)(=O)c1ccc2c(c1)N(C(=O)CCNC(=O)C=Cc1ccco1)CC2. The van der Waals surface area contributed by atoms with Gasteiger partial charge in [-0.15, -0.1) is 0 Å². The van der Waals surface area contributed by atoms with Gasteiger partial charge >= 0.3 is 0 Å². The van der Waals surface area contributed by atoms with E-state index in [-0.39, 0.29) is 36.2 Å². The van der Waals surface area contributed by atoms with Crippen molar-refractivity contribution in [3.8, 4) is 0 Å². The fourth-order valence-corrected chi connectivity index (χ4v) is 4.15. The third kappa shape index (κ3) is 5.12. The molecule has 2 heterocycles. The molecule has 9 heteroatoms. The first-order valence-corrected chi connectivity index (χ1v) is 10.8. The van der Waals surface area contributed by atoms with Gasteiger partial charge in [-0.1, -0.05) is 13.0 Å². The van der Waals surface area contributed by atoms with Crippen molar-refractivity contribution in [2.24, 2.45) is 0 Å². The first-order valence-electron chi connectivity index (χ1n) is 9.33. The number of anilines is 1. The maximum Gasteiger partial charge on any atom is 0.244 e. The molecule has 0 atom stereocenters. The quantitative estimate of drug-likeness (QED) is 0.636. The zero-order valence-corrected chi connectivity index (χ0v) is 16.9. The van der Waals surface area contributed by atoms with Crippen molar-refractivity contribution in [3.05, 3.63) is 54.0 Å². The zero-order chi connectivity index (χ0) is 20.9. The van der Waals surface area contributed by atoms with Crippen molar-refractivity contribution < 1.29 is 22.4 Å². The lowest BCUT2D eigenvalue weighted by Gasteiger charge is -2.18. The van der Waals surface area contributed by atoms with Gasteiger partial charge in [0.2, 0.25) is 21.8 Å². The third-order valence-corrected chi connectivity index (χ3v) is 6.02. The predicted octanol–water partition coefficient (Wildman–Crippen LogP) is 1.69. The molecule has 0 saturated heterocycles. The second-order valence-corrected chi connectivity index (χ2v) is 8.24. The minimum absolute atomic E-state index is 0.115. The van der Waals surface area contributed by atoms with Gasteiger partial charge in [0.15, 0.2) is 0 Å². The molecule has 0 aliphatic carbocycles. The Bertz CT molecular complexity index is 1010. The van der Waals surface area contributed by atoms with E-state index >= 15 is 0 Å². The Morgan fingerprint density at radius 3 is 2.83 bits per heavy atom. The van der Waals surface area contributed by atoms with Crippen LogP contribution in [0.15, 0.2) is 52.0 Å². The lowest BCUT2D eigenvalue weighted by atomic mass is 10.2. The Morgan fingerprint density at radius 2 is 2.10 bits per heavy atom. The van der Waals surface area contributed by atoms with Gasteiger partial charge in [-0.2, -0.15) is 0 Å². The van der Waals surface area contributed by atoms with E-state index in [1.54, 1.807) is 42.2 Å². The molecule has 8 nitrogen and oxygen atoms in total. The van der Waals surface area contributed by atoms with E-state index in [1.807, 2.05) is 0 Å². The second kappa shape index (κ2) is 9.06. The van der Waals surface area contributed by atoms with Gasteiger partial charge in [0.05, 0.1) is 11.2 Å². The highest BCUT2D eigenvalue weighted by atomic mass is 32.2. The number of nitrogens with zero attached hydrogens (tertiary/aromatic N) is 1. The highest BCUT2D eigenvalue weighted by molar-refractivity contribution is 7.89. The molecule has 1 aliphatic heterocycles. The Hall–Kier alpha value is -2.91. The van der Waals surface area contributed by atoms with E-state index in [4.69, 9.17) is 4.42 Å². The number of hydrogen-bond acceptors (Lipinski definition) is 5. The number of benzene rings is 1.